The van der Waals surface area contributed by atoms with Gasteiger partial charge >= 0.3 is 11.4 Å². The molecule has 0 radical (unpaired) electrons. The molecule has 9 rings (SSSR count). The molecule has 1 saturated carbocycles. The fourth-order valence-electron chi connectivity index (χ4n) is 9.71. The van der Waals surface area contributed by atoms with Crippen LogP contribution < -0.4 is 28.9 Å². The van der Waals surface area contributed by atoms with E-state index in [-0.39, 0.29) is 0 Å². The third-order valence-corrected chi connectivity index (χ3v) is 14.0. The van der Waals surface area contributed by atoms with Crippen molar-refractivity contribution in [2.75, 3.05) is 28.4 Å². The maximum atomic E-state index is 6.61. The van der Waals surface area contributed by atoms with Crippen molar-refractivity contribution in [1.82, 2.24) is 9.98 Å². The lowest BCUT2D eigenvalue weighted by atomic mass is 9.39. The van der Waals surface area contributed by atoms with Gasteiger partial charge < -0.3 is 18.9 Å². The summed E-state index contributed by atoms with van der Waals surface area (Å²) in [5.41, 5.74) is 7.04. The number of hydrogen-bond donors (Lipinski definition) is 1. The highest BCUT2D eigenvalue weighted by Crippen LogP contribution is 2.61. The van der Waals surface area contributed by atoms with Crippen LogP contribution in [-0.2, 0) is 10.8 Å². The van der Waals surface area contributed by atoms with E-state index < -0.39 is 22.9 Å². The fraction of sp³-hybridized carbons (Fsp3) is 0.138. The van der Waals surface area contributed by atoms with Crippen molar-refractivity contribution in [2.24, 2.45) is 0 Å². The second-order valence-corrected chi connectivity index (χ2v) is 18.2. The van der Waals surface area contributed by atoms with Crippen LogP contribution in [0.3, 0.4) is 0 Å². The molecule has 340 valence electrons. The molecule has 0 unspecified atom stereocenters. The zero-order valence-corrected chi connectivity index (χ0v) is 40.7. The highest BCUT2D eigenvalue weighted by Gasteiger charge is 2.78. The highest BCUT2D eigenvalue weighted by atomic mass is 35.5. The minimum absolute atomic E-state index is 0.404. The Hall–Kier alpha value is -6.47. The molecule has 8 aromatic rings. The third kappa shape index (κ3) is 8.65. The van der Waals surface area contributed by atoms with Crippen LogP contribution in [0.25, 0.3) is 0 Å². The first-order chi connectivity index (χ1) is 33.1. The SMILES string of the molecule is COc1ccc(C2(c3ccc(OC)cc3)C(=[N+]=C(c3ccc(Cl)cc3)c3ccc(Cl)cc3)C(c3ccc(OC)cc3)(c3ccc(OC)cc3)C2NC(c2ccc(Cl)cc2)c2ccc(Cl)cc2)cc1. The molecule has 8 aromatic carbocycles. The third-order valence-electron chi connectivity index (χ3n) is 13.0. The average Bonchev–Trinajstić information content (AvgIpc) is 3.38. The van der Waals surface area contributed by atoms with Crippen molar-refractivity contribution in [3.8, 4) is 23.0 Å². The summed E-state index contributed by atoms with van der Waals surface area (Å²) in [6.45, 7) is 0. The monoisotopic (exact) mass is 975 g/mol. The zero-order valence-electron chi connectivity index (χ0n) is 37.7. The first kappa shape index (κ1) is 46.6. The summed E-state index contributed by atoms with van der Waals surface area (Å²) in [5.74, 6) is 2.86. The molecule has 10 heteroatoms. The number of halogens is 4. The van der Waals surface area contributed by atoms with E-state index in [0.29, 0.717) is 43.1 Å². The average molecular weight is 978 g/mol. The lowest BCUT2D eigenvalue weighted by molar-refractivity contribution is 0.249. The summed E-state index contributed by atoms with van der Waals surface area (Å²) in [6, 6.07) is 63.8. The first-order valence-corrected chi connectivity index (χ1v) is 23.5. The highest BCUT2D eigenvalue weighted by molar-refractivity contribution is 6.32. The molecule has 6 nitrogen and oxygen atoms in total. The Kier molecular flexibility index (Phi) is 13.7. The van der Waals surface area contributed by atoms with Gasteiger partial charge in [-0.15, -0.1) is 0 Å². The van der Waals surface area contributed by atoms with Crippen LogP contribution in [0.5, 0.6) is 23.0 Å². The van der Waals surface area contributed by atoms with Gasteiger partial charge in [0.25, 0.3) is 0 Å². The van der Waals surface area contributed by atoms with Crippen molar-refractivity contribution in [3.63, 3.8) is 0 Å². The smallest absolute Gasteiger partial charge is 0.341 e. The molecule has 68 heavy (non-hydrogen) atoms. The Balaban J connectivity index is 1.52. The van der Waals surface area contributed by atoms with Gasteiger partial charge in [0, 0.05) is 20.1 Å². The molecule has 0 aromatic heterocycles. The van der Waals surface area contributed by atoms with Crippen LogP contribution >= 0.6 is 46.4 Å². The summed E-state index contributed by atoms with van der Waals surface area (Å²) in [5, 5.41) is 6.85. The number of nitrogens with zero attached hydrogens (tertiary/aromatic N) is 1. The van der Waals surface area contributed by atoms with E-state index in [2.05, 4.69) is 78.1 Å². The van der Waals surface area contributed by atoms with Gasteiger partial charge in [-0.05, 0) is 155 Å². The summed E-state index contributed by atoms with van der Waals surface area (Å²) >= 11 is 26.4. The van der Waals surface area contributed by atoms with E-state index in [1.807, 2.05) is 121 Å². The fourth-order valence-corrected chi connectivity index (χ4v) is 10.2. The van der Waals surface area contributed by atoms with Crippen molar-refractivity contribution in [2.45, 2.75) is 22.9 Å². The van der Waals surface area contributed by atoms with Crippen LogP contribution in [0.1, 0.15) is 50.5 Å². The molecule has 0 saturated heterocycles. The molecule has 1 N–H and O–H groups in total. The number of methoxy groups -OCH3 is 4. The maximum Gasteiger partial charge on any atom is 0.341 e. The second-order valence-electron chi connectivity index (χ2n) is 16.5. The molecule has 0 heterocycles. The summed E-state index contributed by atoms with van der Waals surface area (Å²) < 4.78 is 29.4. The molecule has 1 aliphatic rings. The minimum atomic E-state index is -1.04. The normalized spacial score (nSPS) is 14.7. The lowest BCUT2D eigenvalue weighted by Crippen LogP contribution is -2.80. The molecule has 0 bridgehead atoms. The van der Waals surface area contributed by atoms with Gasteiger partial charge in [-0.1, -0.05) is 124 Å². The molecule has 0 amide bonds. The first-order valence-electron chi connectivity index (χ1n) is 22.0. The Bertz CT molecular complexity index is 2770. The van der Waals surface area contributed by atoms with Crippen molar-refractivity contribution < 1.29 is 18.9 Å². The molecule has 1 fully saturated rings. The number of ether oxygens (including phenoxy) is 4. The van der Waals surface area contributed by atoms with Gasteiger partial charge in [-0.3, -0.25) is 5.32 Å². The van der Waals surface area contributed by atoms with Crippen LogP contribution in [0.15, 0.2) is 194 Å². The van der Waals surface area contributed by atoms with E-state index in [1.165, 1.54) is 0 Å². The maximum absolute atomic E-state index is 6.61. The predicted octanol–water partition coefficient (Wildman–Crippen LogP) is 13.4. The molecule has 0 spiro atoms. The number of hydrogen-bond acceptors (Lipinski definition) is 5. The Morgan fingerprint density at radius 1 is 0.397 bits per heavy atom. The van der Waals surface area contributed by atoms with Gasteiger partial charge in [0.1, 0.15) is 33.8 Å². The standard InChI is InChI=1S/C58H47Cl4N2O4/c1-65-49-29-13-41(14-30-49)57(42-15-31-50(66-2)32-16-42)55(63-53(37-5-21-45(59)22-6-37)38-7-23-46(60)24-8-38)58(43-17-33-51(67-3)34-18-43,44-19-35-52(68-4)36-20-44)56(57)64-54(39-9-25-47(61)26-10-39)40-11-27-48(62)28-12-40/h5-36,53,55,63H,1-4H3/q+1. The number of benzene rings is 8. The quantitative estimate of drug-likeness (QED) is 0.0869. The van der Waals surface area contributed by atoms with Crippen molar-refractivity contribution in [3.05, 3.63) is 259 Å². The second kappa shape index (κ2) is 20.0. The molecule has 1 aliphatic carbocycles. The molecular formula is C58H47Cl4N2O4+. The Morgan fingerprint density at radius 2 is 0.662 bits per heavy atom. The van der Waals surface area contributed by atoms with Gasteiger partial charge in [-0.2, -0.15) is 0 Å². The molecule has 0 atom stereocenters. The van der Waals surface area contributed by atoms with E-state index >= 15 is 0 Å². The minimum Gasteiger partial charge on any atom is -0.497 e. The van der Waals surface area contributed by atoms with Crippen molar-refractivity contribution in [1.29, 1.82) is 0 Å². The number of nitrogens with one attached hydrogen (secondary N) is 1. The van der Waals surface area contributed by atoms with E-state index in [0.717, 1.165) is 55.9 Å². The van der Waals surface area contributed by atoms with Crippen molar-refractivity contribution >= 4 is 57.8 Å². The summed E-state index contributed by atoms with van der Waals surface area (Å²) in [7, 11) is 6.70. The summed E-state index contributed by atoms with van der Waals surface area (Å²) in [6.07, 6.45) is 0. The van der Waals surface area contributed by atoms with E-state index in [1.54, 1.807) is 28.4 Å². The van der Waals surface area contributed by atoms with Gasteiger partial charge in [0.2, 0.25) is 0 Å². The van der Waals surface area contributed by atoms with Crippen LogP contribution in [0.2, 0.25) is 20.1 Å². The zero-order chi connectivity index (χ0) is 47.4. The lowest BCUT2D eigenvalue weighted by Gasteiger charge is -2.59. The van der Waals surface area contributed by atoms with Gasteiger partial charge in [-0.25, -0.2) is 0 Å². The van der Waals surface area contributed by atoms with E-state index in [9.17, 15) is 0 Å². The van der Waals surface area contributed by atoms with Crippen LogP contribution in [0.4, 0.5) is 0 Å². The number of rotatable bonds is 14. The van der Waals surface area contributed by atoms with Gasteiger partial charge in [0.15, 0.2) is 0 Å². The predicted molar refractivity (Wildman–Crippen MR) is 278 cm³/mol. The van der Waals surface area contributed by atoms with Crippen LogP contribution in [0, 0.1) is 0 Å². The van der Waals surface area contributed by atoms with Crippen LogP contribution in [-0.4, -0.2) is 45.9 Å². The van der Waals surface area contributed by atoms with E-state index in [4.69, 9.17) is 70.0 Å². The van der Waals surface area contributed by atoms with Gasteiger partial charge in [0.05, 0.1) is 51.6 Å². The molecular weight excluding hydrogens is 930 g/mol. The summed E-state index contributed by atoms with van der Waals surface area (Å²) in [4.78, 5) is 0. The Labute approximate surface area is 417 Å². The largest absolute Gasteiger partial charge is 0.497 e. The molecule has 0 aliphatic heterocycles. The Morgan fingerprint density at radius 3 is 0.926 bits per heavy atom. The topological polar surface area (TPSA) is 63.1 Å².